The van der Waals surface area contributed by atoms with Crippen LogP contribution in [0.15, 0.2) is 0 Å². The topological polar surface area (TPSA) is 52.5 Å². The van der Waals surface area contributed by atoms with E-state index in [2.05, 4.69) is 5.32 Å². The van der Waals surface area contributed by atoms with Gasteiger partial charge in [-0.05, 0) is 31.6 Å². The molecule has 0 aromatic carbocycles. The molecule has 0 aromatic rings. The number of fused-ring (bicyclic) bond motifs is 2. The van der Waals surface area contributed by atoms with Crippen molar-refractivity contribution in [3.63, 3.8) is 0 Å². The Morgan fingerprint density at radius 1 is 1.08 bits per heavy atom. The zero-order chi connectivity index (χ0) is 9.26. The normalized spacial score (nSPS) is 38.5. The summed E-state index contributed by atoms with van der Waals surface area (Å²) in [5.41, 5.74) is 0. The minimum atomic E-state index is 0.116. The molecule has 0 spiro atoms. The van der Waals surface area contributed by atoms with Gasteiger partial charge in [-0.15, -0.1) is 0 Å². The van der Waals surface area contributed by atoms with Crippen LogP contribution in [0, 0.1) is 11.8 Å². The molecule has 2 unspecified atom stereocenters. The lowest BCUT2D eigenvalue weighted by atomic mass is 9.82. The fourth-order valence-corrected chi connectivity index (χ4v) is 2.84. The fourth-order valence-electron chi connectivity index (χ4n) is 2.84. The number of nitrogens with one attached hydrogen (secondary N) is 1. The monoisotopic (exact) mass is 185 g/mol. The van der Waals surface area contributed by atoms with Crippen LogP contribution < -0.4 is 5.32 Å². The zero-order valence-corrected chi connectivity index (χ0v) is 7.95. The SMILES string of the molecule is OCC(CO)C1CC2CCC(C1)N2. The van der Waals surface area contributed by atoms with Crippen LogP contribution in [0.2, 0.25) is 0 Å². The maximum absolute atomic E-state index is 9.09. The summed E-state index contributed by atoms with van der Waals surface area (Å²) >= 11 is 0. The Hall–Kier alpha value is -0.120. The molecule has 0 saturated carbocycles. The summed E-state index contributed by atoms with van der Waals surface area (Å²) in [6.45, 7) is 0.279. The Labute approximate surface area is 79.2 Å². The molecule has 2 aliphatic heterocycles. The second kappa shape index (κ2) is 3.95. The second-order valence-electron chi connectivity index (χ2n) is 4.49. The van der Waals surface area contributed by atoms with Gasteiger partial charge in [0.15, 0.2) is 0 Å². The van der Waals surface area contributed by atoms with Crippen LogP contribution in [-0.2, 0) is 0 Å². The molecule has 2 bridgehead atoms. The van der Waals surface area contributed by atoms with Gasteiger partial charge >= 0.3 is 0 Å². The third-order valence-corrected chi connectivity index (χ3v) is 3.65. The first-order valence-electron chi connectivity index (χ1n) is 5.31. The van der Waals surface area contributed by atoms with Crippen molar-refractivity contribution in [1.82, 2.24) is 5.32 Å². The molecule has 0 radical (unpaired) electrons. The highest BCUT2D eigenvalue weighted by molar-refractivity contribution is 4.93. The minimum absolute atomic E-state index is 0.116. The van der Waals surface area contributed by atoms with Gasteiger partial charge in [0.1, 0.15) is 0 Å². The van der Waals surface area contributed by atoms with E-state index in [9.17, 15) is 0 Å². The van der Waals surface area contributed by atoms with Gasteiger partial charge in [0.25, 0.3) is 0 Å². The van der Waals surface area contributed by atoms with Crippen molar-refractivity contribution in [3.8, 4) is 0 Å². The van der Waals surface area contributed by atoms with Gasteiger partial charge in [0, 0.05) is 31.2 Å². The average Bonchev–Trinajstić information content (AvgIpc) is 2.48. The van der Waals surface area contributed by atoms with Crippen molar-refractivity contribution in [2.75, 3.05) is 13.2 Å². The molecule has 2 aliphatic rings. The van der Waals surface area contributed by atoms with Gasteiger partial charge in [-0.3, -0.25) is 0 Å². The third-order valence-electron chi connectivity index (χ3n) is 3.65. The predicted octanol–water partition coefficient (Wildman–Crippen LogP) is 0.118. The molecule has 0 aromatic heterocycles. The number of hydrogen-bond acceptors (Lipinski definition) is 3. The first-order chi connectivity index (χ1) is 6.33. The van der Waals surface area contributed by atoms with Crippen LogP contribution in [0.1, 0.15) is 25.7 Å². The summed E-state index contributed by atoms with van der Waals surface area (Å²) < 4.78 is 0. The van der Waals surface area contributed by atoms with Gasteiger partial charge in [-0.25, -0.2) is 0 Å². The van der Waals surface area contributed by atoms with E-state index >= 15 is 0 Å². The lowest BCUT2D eigenvalue weighted by molar-refractivity contribution is 0.0817. The average molecular weight is 185 g/mol. The van der Waals surface area contributed by atoms with Gasteiger partial charge in [0.05, 0.1) is 0 Å². The first-order valence-corrected chi connectivity index (χ1v) is 5.31. The first kappa shape index (κ1) is 9.44. The molecule has 2 heterocycles. The predicted molar refractivity (Wildman–Crippen MR) is 50.3 cm³/mol. The largest absolute Gasteiger partial charge is 0.396 e. The van der Waals surface area contributed by atoms with E-state index in [0.717, 1.165) is 12.8 Å². The highest BCUT2D eigenvalue weighted by Crippen LogP contribution is 2.34. The quantitative estimate of drug-likeness (QED) is 0.585. The summed E-state index contributed by atoms with van der Waals surface area (Å²) in [5.74, 6) is 0.652. The number of aliphatic hydroxyl groups is 2. The molecule has 76 valence electrons. The number of piperidine rings is 1. The van der Waals surface area contributed by atoms with Crippen LogP contribution in [0.5, 0.6) is 0 Å². The molecular weight excluding hydrogens is 166 g/mol. The lowest BCUT2D eigenvalue weighted by Gasteiger charge is -2.33. The second-order valence-corrected chi connectivity index (χ2v) is 4.49. The van der Waals surface area contributed by atoms with Crippen LogP contribution in [0.3, 0.4) is 0 Å². The van der Waals surface area contributed by atoms with Crippen LogP contribution in [0.4, 0.5) is 0 Å². The molecule has 13 heavy (non-hydrogen) atoms. The Bertz CT molecular complexity index is 158. The Morgan fingerprint density at radius 3 is 2.08 bits per heavy atom. The fraction of sp³-hybridized carbons (Fsp3) is 1.00. The molecule has 2 atom stereocenters. The molecule has 3 heteroatoms. The maximum Gasteiger partial charge on any atom is 0.0483 e. The highest BCUT2D eigenvalue weighted by Gasteiger charge is 2.36. The Balaban J connectivity index is 1.93. The Morgan fingerprint density at radius 2 is 1.62 bits per heavy atom. The number of hydrogen-bond donors (Lipinski definition) is 3. The molecular formula is C10H19NO2. The van der Waals surface area contributed by atoms with Crippen LogP contribution in [0.25, 0.3) is 0 Å². The van der Waals surface area contributed by atoms with Crippen LogP contribution in [-0.4, -0.2) is 35.5 Å². The summed E-state index contributed by atoms with van der Waals surface area (Å²) in [5, 5.41) is 21.7. The van der Waals surface area contributed by atoms with Gasteiger partial charge in [-0.1, -0.05) is 0 Å². The van der Waals surface area contributed by atoms with E-state index < -0.39 is 0 Å². The lowest BCUT2D eigenvalue weighted by Crippen LogP contribution is -2.41. The van der Waals surface area contributed by atoms with E-state index in [-0.39, 0.29) is 19.1 Å². The van der Waals surface area contributed by atoms with Gasteiger partial charge in [-0.2, -0.15) is 0 Å². The smallest absolute Gasteiger partial charge is 0.0483 e. The van der Waals surface area contributed by atoms with Crippen molar-refractivity contribution >= 4 is 0 Å². The number of rotatable bonds is 3. The van der Waals surface area contributed by atoms with E-state index in [1.165, 1.54) is 12.8 Å². The van der Waals surface area contributed by atoms with Gasteiger partial charge < -0.3 is 15.5 Å². The minimum Gasteiger partial charge on any atom is -0.396 e. The van der Waals surface area contributed by atoms with E-state index in [1.807, 2.05) is 0 Å². The third kappa shape index (κ3) is 1.87. The maximum atomic E-state index is 9.09. The standard InChI is InChI=1S/C10H19NO2/c12-5-8(6-13)7-3-9-1-2-10(4-7)11-9/h7-13H,1-6H2. The van der Waals surface area contributed by atoms with Crippen molar-refractivity contribution < 1.29 is 10.2 Å². The molecule has 2 rings (SSSR count). The van der Waals surface area contributed by atoms with Crippen molar-refractivity contribution in [3.05, 3.63) is 0 Å². The zero-order valence-electron chi connectivity index (χ0n) is 7.95. The summed E-state index contributed by atoms with van der Waals surface area (Å²) in [6, 6.07) is 1.31. The molecule has 0 amide bonds. The molecule has 2 saturated heterocycles. The summed E-state index contributed by atoms with van der Waals surface area (Å²) in [7, 11) is 0. The molecule has 3 nitrogen and oxygen atoms in total. The van der Waals surface area contributed by atoms with Crippen molar-refractivity contribution in [2.45, 2.75) is 37.8 Å². The Kier molecular flexibility index (Phi) is 2.86. The van der Waals surface area contributed by atoms with Crippen molar-refractivity contribution in [2.24, 2.45) is 11.8 Å². The van der Waals surface area contributed by atoms with E-state index in [4.69, 9.17) is 10.2 Å². The highest BCUT2D eigenvalue weighted by atomic mass is 16.3. The van der Waals surface area contributed by atoms with Gasteiger partial charge in [0.2, 0.25) is 0 Å². The van der Waals surface area contributed by atoms with E-state index in [1.54, 1.807) is 0 Å². The van der Waals surface area contributed by atoms with Crippen molar-refractivity contribution in [1.29, 1.82) is 0 Å². The molecule has 3 N–H and O–H groups in total. The summed E-state index contributed by atoms with van der Waals surface area (Å²) in [6.07, 6.45) is 4.85. The number of aliphatic hydroxyl groups excluding tert-OH is 2. The van der Waals surface area contributed by atoms with E-state index in [0.29, 0.717) is 18.0 Å². The summed E-state index contributed by atoms with van der Waals surface area (Å²) in [4.78, 5) is 0. The molecule has 2 fully saturated rings. The molecule has 0 aliphatic carbocycles. The van der Waals surface area contributed by atoms with Crippen LogP contribution >= 0.6 is 0 Å².